The van der Waals surface area contributed by atoms with Crippen LogP contribution in [0.15, 0.2) is 66.9 Å². The third-order valence-corrected chi connectivity index (χ3v) is 12.0. The number of rotatable bonds is 11. The molecule has 43 heavy (non-hydrogen) atoms. The van der Waals surface area contributed by atoms with Crippen molar-refractivity contribution in [1.82, 2.24) is 4.98 Å². The van der Waals surface area contributed by atoms with Gasteiger partial charge in [-0.1, -0.05) is 137 Å². The van der Waals surface area contributed by atoms with Crippen LogP contribution in [0.4, 0.5) is 0 Å². The van der Waals surface area contributed by atoms with E-state index in [4.69, 9.17) is 4.98 Å². The van der Waals surface area contributed by atoms with E-state index >= 15 is 0 Å². The highest BCUT2D eigenvalue weighted by molar-refractivity contribution is 7.26. The number of fused-ring (bicyclic) bond motifs is 4. The van der Waals surface area contributed by atoms with E-state index in [1.54, 1.807) is 5.56 Å². The summed E-state index contributed by atoms with van der Waals surface area (Å²) < 4.78 is 2.72. The van der Waals surface area contributed by atoms with Gasteiger partial charge in [0.15, 0.2) is 0 Å². The van der Waals surface area contributed by atoms with Crippen LogP contribution < -0.4 is 0 Å². The van der Waals surface area contributed by atoms with Crippen LogP contribution in [0.3, 0.4) is 0 Å². The van der Waals surface area contributed by atoms with Gasteiger partial charge in [-0.2, -0.15) is 0 Å². The van der Waals surface area contributed by atoms with Crippen molar-refractivity contribution in [3.8, 4) is 11.3 Å². The van der Waals surface area contributed by atoms with E-state index in [0.29, 0.717) is 17.8 Å². The summed E-state index contributed by atoms with van der Waals surface area (Å²) >= 11 is 1.95. The molecule has 0 spiro atoms. The molecule has 0 bridgehead atoms. The summed E-state index contributed by atoms with van der Waals surface area (Å²) in [5.41, 5.74) is 5.54. The Morgan fingerprint density at radius 3 is 1.84 bits per heavy atom. The summed E-state index contributed by atoms with van der Waals surface area (Å²) in [6.07, 6.45) is 9.44. The first-order valence-electron chi connectivity index (χ1n) is 17.0. The van der Waals surface area contributed by atoms with Crippen LogP contribution in [-0.4, -0.2) is 4.98 Å². The largest absolute Gasteiger partial charge is 0.255 e. The Morgan fingerprint density at radius 2 is 1.26 bits per heavy atom. The van der Waals surface area contributed by atoms with Gasteiger partial charge in [-0.25, -0.2) is 0 Å². The van der Waals surface area contributed by atoms with Crippen LogP contribution in [0.5, 0.6) is 0 Å². The van der Waals surface area contributed by atoms with Crippen molar-refractivity contribution in [2.45, 2.75) is 112 Å². The number of hydrogen-bond donors (Lipinski definition) is 0. The Morgan fingerprint density at radius 1 is 0.651 bits per heavy atom. The van der Waals surface area contributed by atoms with E-state index in [-0.39, 0.29) is 10.8 Å². The van der Waals surface area contributed by atoms with Gasteiger partial charge in [-0.05, 0) is 69.3 Å². The molecule has 228 valence electrons. The Hall–Kier alpha value is -2.71. The van der Waals surface area contributed by atoms with Crippen LogP contribution in [0.25, 0.3) is 42.2 Å². The first-order valence-corrected chi connectivity index (χ1v) is 17.9. The quantitative estimate of drug-likeness (QED) is 0.149. The highest BCUT2D eigenvalue weighted by atomic mass is 32.1. The van der Waals surface area contributed by atoms with Gasteiger partial charge >= 0.3 is 0 Å². The van der Waals surface area contributed by atoms with E-state index in [9.17, 15) is 0 Å². The third kappa shape index (κ3) is 5.33. The fraction of sp³-hybridized carbons (Fsp3) is 0.488. The number of pyridine rings is 1. The van der Waals surface area contributed by atoms with Gasteiger partial charge < -0.3 is 0 Å². The number of aromatic nitrogens is 1. The molecule has 2 heteroatoms. The second kappa shape index (κ2) is 12.7. The molecule has 0 aliphatic carbocycles. The third-order valence-electron chi connectivity index (χ3n) is 10.8. The minimum absolute atomic E-state index is 0.0429. The fourth-order valence-corrected chi connectivity index (χ4v) is 10.1. The van der Waals surface area contributed by atoms with Crippen LogP contribution in [0, 0.1) is 17.8 Å². The van der Waals surface area contributed by atoms with E-state index < -0.39 is 0 Å². The molecule has 5 aromatic rings. The number of hydrogen-bond acceptors (Lipinski definition) is 2. The minimum atomic E-state index is 0.0429. The molecule has 0 radical (unpaired) electrons. The Bertz CT molecular complexity index is 1660. The molecule has 0 N–H and O–H groups in total. The van der Waals surface area contributed by atoms with Crippen LogP contribution in [0.1, 0.15) is 112 Å². The molecule has 0 unspecified atom stereocenters. The van der Waals surface area contributed by atoms with Gasteiger partial charge in [0.2, 0.25) is 0 Å². The summed E-state index contributed by atoms with van der Waals surface area (Å²) in [5.74, 6) is 2.04. The lowest BCUT2D eigenvalue weighted by molar-refractivity contribution is 0.0686. The first-order chi connectivity index (χ1) is 20.7. The SMILES string of the molecule is CCC(CC)C(c1ccc2c(c1)sc1c(-c3cc(C(C)(C)C)c4ccccc4c3)nccc12)(C(CC)CC)C(CC)CC. The van der Waals surface area contributed by atoms with Gasteiger partial charge in [0.1, 0.15) is 0 Å². The summed E-state index contributed by atoms with van der Waals surface area (Å²) in [7, 11) is 0. The van der Waals surface area contributed by atoms with E-state index in [0.717, 1.165) is 5.69 Å². The fourth-order valence-electron chi connectivity index (χ4n) is 8.85. The lowest BCUT2D eigenvalue weighted by Crippen LogP contribution is -2.48. The highest BCUT2D eigenvalue weighted by Gasteiger charge is 2.48. The number of thiophene rings is 1. The van der Waals surface area contributed by atoms with Crippen LogP contribution >= 0.6 is 11.3 Å². The van der Waals surface area contributed by atoms with Crippen molar-refractivity contribution >= 4 is 42.3 Å². The smallest absolute Gasteiger partial charge is 0.0880 e. The van der Waals surface area contributed by atoms with Gasteiger partial charge in [0, 0.05) is 32.6 Å². The standard InChI is InChI=1S/C41H53NS/c1-10-29(11-2)41(30(12-3)13-4,31(14-5)15-6)32-20-21-34-35-22-23-42-38(39(35)43-37(34)26-32)28-24-27-18-16-17-19-33(27)36(25-28)40(7,8)9/h16-26,29-31H,10-15H2,1-9H3. The predicted molar refractivity (Wildman–Crippen MR) is 193 cm³/mol. The van der Waals surface area contributed by atoms with Gasteiger partial charge in [-0.3, -0.25) is 4.98 Å². The Kier molecular flexibility index (Phi) is 9.38. The topological polar surface area (TPSA) is 12.9 Å². The highest BCUT2D eigenvalue weighted by Crippen LogP contribution is 2.54. The summed E-state index contributed by atoms with van der Waals surface area (Å²) in [5, 5.41) is 5.34. The number of nitrogens with zero attached hydrogens (tertiary/aromatic N) is 1. The molecule has 0 aliphatic rings. The van der Waals surface area contributed by atoms with E-state index in [2.05, 4.69) is 123 Å². The zero-order valence-electron chi connectivity index (χ0n) is 28.2. The molecule has 0 amide bonds. The van der Waals surface area contributed by atoms with Gasteiger partial charge in [0.05, 0.1) is 10.4 Å². The maximum Gasteiger partial charge on any atom is 0.0880 e. The molecule has 2 aromatic heterocycles. The van der Waals surface area contributed by atoms with Crippen LogP contribution in [0.2, 0.25) is 0 Å². The molecule has 1 nitrogen and oxygen atoms in total. The van der Waals surface area contributed by atoms with Crippen molar-refractivity contribution in [1.29, 1.82) is 0 Å². The first kappa shape index (κ1) is 31.7. The predicted octanol–water partition coefficient (Wildman–Crippen LogP) is 13.1. The monoisotopic (exact) mass is 591 g/mol. The van der Waals surface area contributed by atoms with Crippen LogP contribution in [-0.2, 0) is 10.8 Å². The molecular formula is C41H53NS. The lowest BCUT2D eigenvalue weighted by Gasteiger charge is -2.52. The molecule has 0 saturated heterocycles. The second-order valence-electron chi connectivity index (χ2n) is 13.8. The van der Waals surface area contributed by atoms with Gasteiger partial charge in [-0.15, -0.1) is 11.3 Å². The molecule has 2 heterocycles. The Balaban J connectivity index is 1.78. The zero-order chi connectivity index (χ0) is 30.9. The average molecular weight is 592 g/mol. The zero-order valence-corrected chi connectivity index (χ0v) is 29.0. The van der Waals surface area contributed by atoms with Gasteiger partial charge in [0.25, 0.3) is 0 Å². The second-order valence-corrected chi connectivity index (χ2v) is 14.9. The summed E-state index contributed by atoms with van der Waals surface area (Å²) in [4.78, 5) is 5.05. The van der Waals surface area contributed by atoms with Crippen molar-refractivity contribution < 1.29 is 0 Å². The molecule has 0 aliphatic heterocycles. The normalized spacial score (nSPS) is 13.0. The summed E-state index contributed by atoms with van der Waals surface area (Å²) in [6, 6.07) is 23.4. The van der Waals surface area contributed by atoms with Crippen molar-refractivity contribution in [2.75, 3.05) is 0 Å². The van der Waals surface area contributed by atoms with Crippen molar-refractivity contribution in [3.63, 3.8) is 0 Å². The van der Waals surface area contributed by atoms with E-state index in [1.807, 2.05) is 17.5 Å². The lowest BCUT2D eigenvalue weighted by atomic mass is 9.52. The minimum Gasteiger partial charge on any atom is -0.255 e. The summed E-state index contributed by atoms with van der Waals surface area (Å²) in [6.45, 7) is 21.5. The number of benzene rings is 3. The molecule has 5 rings (SSSR count). The average Bonchev–Trinajstić information content (AvgIpc) is 3.39. The Labute approximate surface area is 265 Å². The molecule has 0 fully saturated rings. The molecule has 0 atom stereocenters. The van der Waals surface area contributed by atoms with Crippen molar-refractivity contribution in [2.24, 2.45) is 17.8 Å². The molecule has 0 saturated carbocycles. The maximum atomic E-state index is 5.05. The van der Waals surface area contributed by atoms with Crippen molar-refractivity contribution in [3.05, 3.63) is 78.0 Å². The molecular weight excluding hydrogens is 539 g/mol. The maximum absolute atomic E-state index is 5.05. The molecule has 3 aromatic carbocycles. The van der Waals surface area contributed by atoms with E-state index in [1.165, 1.54) is 80.6 Å².